The van der Waals surface area contributed by atoms with Gasteiger partial charge >= 0.3 is 0 Å². The lowest BCUT2D eigenvalue weighted by molar-refractivity contribution is 0.916. The Bertz CT molecular complexity index is 176. The fourth-order valence-electron chi connectivity index (χ4n) is 0.480. The first-order chi connectivity index (χ1) is 3.83. The van der Waals surface area contributed by atoms with Gasteiger partial charge in [0.1, 0.15) is 5.82 Å². The zero-order chi connectivity index (χ0) is 5.98. The standard InChI is InChI=1S/C4H8N4.2BrH/c1-3-6-4(2-5)8-7-3;;/h2,5H2,1H3,(H,6,7,8);2*1H. The molecule has 0 atom stereocenters. The summed E-state index contributed by atoms with van der Waals surface area (Å²) in [6.45, 7) is 2.25. The molecule has 1 rings (SSSR count). The third-order valence-corrected chi connectivity index (χ3v) is 0.826. The van der Waals surface area contributed by atoms with Crippen LogP contribution in [0.5, 0.6) is 0 Å². The second-order valence-corrected chi connectivity index (χ2v) is 1.54. The number of hydrogen-bond acceptors (Lipinski definition) is 3. The average molecular weight is 274 g/mol. The van der Waals surface area contributed by atoms with Gasteiger partial charge in [-0.3, -0.25) is 5.10 Å². The highest BCUT2D eigenvalue weighted by molar-refractivity contribution is 8.93. The lowest BCUT2D eigenvalue weighted by Gasteiger charge is -1.77. The highest BCUT2D eigenvalue weighted by Gasteiger charge is 1.92. The molecule has 3 N–H and O–H groups in total. The van der Waals surface area contributed by atoms with Gasteiger partial charge in [0.05, 0.1) is 6.54 Å². The molecule has 0 spiro atoms. The van der Waals surface area contributed by atoms with Crippen LogP contribution in [-0.4, -0.2) is 15.2 Å². The maximum atomic E-state index is 5.22. The number of rotatable bonds is 1. The second-order valence-electron chi connectivity index (χ2n) is 1.54. The number of halogens is 2. The highest BCUT2D eigenvalue weighted by atomic mass is 79.9. The van der Waals surface area contributed by atoms with E-state index in [9.17, 15) is 0 Å². The van der Waals surface area contributed by atoms with Crippen LogP contribution in [0.3, 0.4) is 0 Å². The fourth-order valence-corrected chi connectivity index (χ4v) is 0.480. The van der Waals surface area contributed by atoms with Gasteiger partial charge in [-0.05, 0) is 6.92 Å². The third-order valence-electron chi connectivity index (χ3n) is 0.826. The smallest absolute Gasteiger partial charge is 0.164 e. The fraction of sp³-hybridized carbons (Fsp3) is 0.500. The molecule has 1 aromatic rings. The summed E-state index contributed by atoms with van der Waals surface area (Å²) in [5.74, 6) is 1.48. The largest absolute Gasteiger partial charge is 0.324 e. The molecule has 0 aromatic carbocycles. The Labute approximate surface area is 80.1 Å². The van der Waals surface area contributed by atoms with E-state index in [2.05, 4.69) is 15.2 Å². The molecule has 4 nitrogen and oxygen atoms in total. The Hall–Kier alpha value is 0.0600. The zero-order valence-electron chi connectivity index (χ0n) is 5.50. The summed E-state index contributed by atoms with van der Waals surface area (Å²) < 4.78 is 0. The molecule has 0 radical (unpaired) electrons. The van der Waals surface area contributed by atoms with Gasteiger partial charge in [-0.25, -0.2) is 4.98 Å². The first-order valence-electron chi connectivity index (χ1n) is 2.41. The molecule has 0 fully saturated rings. The number of aromatic amines is 1. The first kappa shape index (κ1) is 12.7. The molecule has 1 aromatic heterocycles. The molecule has 0 saturated carbocycles. The second kappa shape index (κ2) is 5.82. The number of H-pyrrole nitrogens is 1. The molecule has 60 valence electrons. The zero-order valence-corrected chi connectivity index (χ0v) is 8.92. The maximum Gasteiger partial charge on any atom is 0.164 e. The molecule has 0 aliphatic rings. The van der Waals surface area contributed by atoms with Gasteiger partial charge in [0.2, 0.25) is 0 Å². The molecule has 1 heterocycles. The predicted octanol–water partition coefficient (Wildman–Crippen LogP) is 0.728. The normalized spacial score (nSPS) is 7.80. The van der Waals surface area contributed by atoms with Crippen LogP contribution >= 0.6 is 34.0 Å². The van der Waals surface area contributed by atoms with E-state index < -0.39 is 0 Å². The Morgan fingerprint density at radius 2 is 2.10 bits per heavy atom. The minimum Gasteiger partial charge on any atom is -0.324 e. The SMILES string of the molecule is Br.Br.Cc1nc(CN)n[nH]1. The van der Waals surface area contributed by atoms with E-state index in [1.54, 1.807) is 0 Å². The molecular formula is C4H10Br2N4. The van der Waals surface area contributed by atoms with Crippen LogP contribution in [0.2, 0.25) is 0 Å². The molecule has 0 aliphatic heterocycles. The van der Waals surface area contributed by atoms with Crippen LogP contribution < -0.4 is 5.73 Å². The predicted molar refractivity (Wildman–Crippen MR) is 49.7 cm³/mol. The topological polar surface area (TPSA) is 67.6 Å². The number of aryl methyl sites for hydroxylation is 1. The van der Waals surface area contributed by atoms with Crippen molar-refractivity contribution in [1.29, 1.82) is 0 Å². The number of nitrogens with two attached hydrogens (primary N) is 1. The van der Waals surface area contributed by atoms with Crippen molar-refractivity contribution in [2.75, 3.05) is 0 Å². The first-order valence-corrected chi connectivity index (χ1v) is 2.41. The number of nitrogens with one attached hydrogen (secondary N) is 1. The van der Waals surface area contributed by atoms with E-state index >= 15 is 0 Å². The highest BCUT2D eigenvalue weighted by Crippen LogP contribution is 1.85. The maximum absolute atomic E-state index is 5.22. The summed E-state index contributed by atoms with van der Waals surface area (Å²) in [6.07, 6.45) is 0. The molecule has 0 bridgehead atoms. The van der Waals surface area contributed by atoms with E-state index in [-0.39, 0.29) is 34.0 Å². The number of hydrogen-bond donors (Lipinski definition) is 2. The summed E-state index contributed by atoms with van der Waals surface area (Å²) in [5, 5.41) is 6.45. The Morgan fingerprint density at radius 1 is 1.50 bits per heavy atom. The third kappa shape index (κ3) is 3.28. The van der Waals surface area contributed by atoms with Gasteiger partial charge in [0, 0.05) is 0 Å². The average Bonchev–Trinajstić information content (AvgIpc) is 2.14. The summed E-state index contributed by atoms with van der Waals surface area (Å²) in [6, 6.07) is 0. The van der Waals surface area contributed by atoms with E-state index in [0.717, 1.165) is 5.82 Å². The van der Waals surface area contributed by atoms with Crippen LogP contribution in [0.15, 0.2) is 0 Å². The van der Waals surface area contributed by atoms with E-state index in [4.69, 9.17) is 5.73 Å². The van der Waals surface area contributed by atoms with Crippen molar-refractivity contribution in [1.82, 2.24) is 15.2 Å². The summed E-state index contributed by atoms with van der Waals surface area (Å²) in [4.78, 5) is 3.94. The van der Waals surface area contributed by atoms with Crippen LogP contribution in [-0.2, 0) is 6.54 Å². The number of nitrogens with zero attached hydrogens (tertiary/aromatic N) is 2. The Kier molecular flexibility index (Phi) is 7.39. The lowest BCUT2D eigenvalue weighted by Crippen LogP contribution is -1.97. The van der Waals surface area contributed by atoms with Crippen molar-refractivity contribution < 1.29 is 0 Å². The minimum atomic E-state index is 0. The van der Waals surface area contributed by atoms with Gasteiger partial charge in [0.25, 0.3) is 0 Å². The van der Waals surface area contributed by atoms with Gasteiger partial charge in [-0.1, -0.05) is 0 Å². The molecule has 10 heavy (non-hydrogen) atoms. The quantitative estimate of drug-likeness (QED) is 0.793. The van der Waals surface area contributed by atoms with Crippen molar-refractivity contribution in [2.45, 2.75) is 13.5 Å². The molecule has 0 saturated heterocycles. The molecule has 6 heteroatoms. The van der Waals surface area contributed by atoms with Crippen molar-refractivity contribution in [3.8, 4) is 0 Å². The van der Waals surface area contributed by atoms with Gasteiger partial charge < -0.3 is 5.73 Å². The van der Waals surface area contributed by atoms with Crippen molar-refractivity contribution in [2.24, 2.45) is 5.73 Å². The van der Waals surface area contributed by atoms with Crippen LogP contribution in [0.4, 0.5) is 0 Å². The van der Waals surface area contributed by atoms with E-state index in [1.807, 2.05) is 6.92 Å². The monoisotopic (exact) mass is 272 g/mol. The Balaban J connectivity index is 0. The van der Waals surface area contributed by atoms with Gasteiger partial charge in [-0.15, -0.1) is 34.0 Å². The van der Waals surface area contributed by atoms with Crippen molar-refractivity contribution in [3.63, 3.8) is 0 Å². The number of aromatic nitrogens is 3. The summed E-state index contributed by atoms with van der Waals surface area (Å²) >= 11 is 0. The lowest BCUT2D eigenvalue weighted by atomic mass is 10.6. The van der Waals surface area contributed by atoms with E-state index in [1.165, 1.54) is 0 Å². The van der Waals surface area contributed by atoms with Gasteiger partial charge in [0.15, 0.2) is 5.82 Å². The van der Waals surface area contributed by atoms with Gasteiger partial charge in [-0.2, -0.15) is 5.10 Å². The van der Waals surface area contributed by atoms with Crippen molar-refractivity contribution in [3.05, 3.63) is 11.6 Å². The van der Waals surface area contributed by atoms with Crippen LogP contribution in [0.25, 0.3) is 0 Å². The summed E-state index contributed by atoms with van der Waals surface area (Å²) in [5.41, 5.74) is 5.22. The molecule has 0 amide bonds. The van der Waals surface area contributed by atoms with E-state index in [0.29, 0.717) is 12.4 Å². The molecule has 0 unspecified atom stereocenters. The Morgan fingerprint density at radius 3 is 2.30 bits per heavy atom. The molecular weight excluding hydrogens is 264 g/mol. The minimum absolute atomic E-state index is 0. The molecule has 0 aliphatic carbocycles. The van der Waals surface area contributed by atoms with Crippen LogP contribution in [0, 0.1) is 6.92 Å². The van der Waals surface area contributed by atoms with Crippen LogP contribution in [0.1, 0.15) is 11.6 Å². The van der Waals surface area contributed by atoms with Crippen molar-refractivity contribution >= 4 is 34.0 Å². The summed E-state index contributed by atoms with van der Waals surface area (Å²) in [7, 11) is 0.